The molecule has 3 unspecified atom stereocenters. The summed E-state index contributed by atoms with van der Waals surface area (Å²) in [4.78, 5) is 11.1. The lowest BCUT2D eigenvalue weighted by atomic mass is 9.89. The van der Waals surface area contributed by atoms with E-state index in [4.69, 9.17) is 15.6 Å². The maximum absolute atomic E-state index is 11.1. The van der Waals surface area contributed by atoms with Gasteiger partial charge in [-0.2, -0.15) is 0 Å². The molecule has 0 spiro atoms. The highest BCUT2D eigenvalue weighted by Gasteiger charge is 2.39. The average Bonchev–Trinajstić information content (AvgIpc) is 2.98. The molecule has 2 bridgehead atoms. The second kappa shape index (κ2) is 4.76. The van der Waals surface area contributed by atoms with Gasteiger partial charge in [0, 0.05) is 11.8 Å². The van der Waals surface area contributed by atoms with Crippen LogP contribution in [0.25, 0.3) is 0 Å². The van der Waals surface area contributed by atoms with Crippen LogP contribution in [0.5, 0.6) is 5.75 Å². The number of hydrogen-bond donors (Lipinski definition) is 2. The molecule has 1 aromatic carbocycles. The quantitative estimate of drug-likeness (QED) is 0.817. The lowest BCUT2D eigenvalue weighted by Gasteiger charge is -2.22. The van der Waals surface area contributed by atoms with Crippen molar-refractivity contribution >= 4 is 11.7 Å². The van der Waals surface area contributed by atoms with Crippen molar-refractivity contribution in [3.05, 3.63) is 23.8 Å². The van der Waals surface area contributed by atoms with E-state index in [0.717, 1.165) is 11.8 Å². The van der Waals surface area contributed by atoms with E-state index >= 15 is 0 Å². The van der Waals surface area contributed by atoms with Gasteiger partial charge in [0.05, 0.1) is 6.61 Å². The molecule has 102 valence electrons. The number of aromatic carboxylic acids is 1. The minimum absolute atomic E-state index is 0.192. The van der Waals surface area contributed by atoms with Gasteiger partial charge < -0.3 is 15.6 Å². The van der Waals surface area contributed by atoms with Crippen LogP contribution in [0.15, 0.2) is 18.2 Å². The highest BCUT2D eigenvalue weighted by atomic mass is 16.5. The zero-order valence-corrected chi connectivity index (χ0v) is 10.8. The summed E-state index contributed by atoms with van der Waals surface area (Å²) in [7, 11) is 0. The van der Waals surface area contributed by atoms with E-state index in [1.807, 2.05) is 0 Å². The van der Waals surface area contributed by atoms with Gasteiger partial charge in [0.15, 0.2) is 0 Å². The molecule has 0 aromatic heterocycles. The van der Waals surface area contributed by atoms with Gasteiger partial charge in [-0.1, -0.05) is 6.42 Å². The van der Waals surface area contributed by atoms with Gasteiger partial charge in [-0.05, 0) is 49.1 Å². The highest BCUT2D eigenvalue weighted by Crippen LogP contribution is 2.48. The van der Waals surface area contributed by atoms with Crippen LogP contribution in [0, 0.1) is 17.8 Å². The molecule has 3 atom stereocenters. The number of benzene rings is 1. The van der Waals surface area contributed by atoms with Gasteiger partial charge in [-0.15, -0.1) is 0 Å². The van der Waals surface area contributed by atoms with E-state index in [0.29, 0.717) is 24.0 Å². The minimum Gasteiger partial charge on any atom is -0.492 e. The molecule has 1 aromatic rings. The molecule has 2 aliphatic carbocycles. The molecule has 4 nitrogen and oxygen atoms in total. The molecule has 0 heterocycles. The van der Waals surface area contributed by atoms with E-state index in [-0.39, 0.29) is 5.56 Å². The first-order valence-electron chi connectivity index (χ1n) is 6.89. The fraction of sp³-hybridized carbons (Fsp3) is 0.533. The van der Waals surface area contributed by atoms with Gasteiger partial charge >= 0.3 is 5.97 Å². The van der Waals surface area contributed by atoms with Crippen molar-refractivity contribution in [1.82, 2.24) is 0 Å². The van der Waals surface area contributed by atoms with Crippen molar-refractivity contribution in [1.29, 1.82) is 0 Å². The number of anilines is 1. The minimum atomic E-state index is -0.969. The van der Waals surface area contributed by atoms with E-state index in [1.165, 1.54) is 31.7 Å². The Bertz CT molecular complexity index is 500. The maximum atomic E-state index is 11.1. The lowest BCUT2D eigenvalue weighted by Crippen LogP contribution is -2.19. The largest absolute Gasteiger partial charge is 0.492 e. The monoisotopic (exact) mass is 261 g/mol. The summed E-state index contributed by atoms with van der Waals surface area (Å²) in [6.45, 7) is 0.616. The molecule has 0 amide bonds. The molecular weight excluding hydrogens is 242 g/mol. The molecule has 19 heavy (non-hydrogen) atoms. The lowest BCUT2D eigenvalue weighted by molar-refractivity contribution is 0.0690. The molecule has 0 radical (unpaired) electrons. The number of carbonyl (C=O) groups is 1. The third-order valence-electron chi connectivity index (χ3n) is 4.57. The van der Waals surface area contributed by atoms with Gasteiger partial charge in [-0.25, -0.2) is 4.79 Å². The number of carboxylic acid groups (broad SMARTS) is 1. The fourth-order valence-corrected chi connectivity index (χ4v) is 3.61. The first kappa shape index (κ1) is 12.3. The summed E-state index contributed by atoms with van der Waals surface area (Å²) in [6, 6.07) is 4.71. The van der Waals surface area contributed by atoms with E-state index in [9.17, 15) is 4.79 Å². The van der Waals surface area contributed by atoms with Crippen molar-refractivity contribution in [2.24, 2.45) is 17.8 Å². The van der Waals surface area contributed by atoms with Gasteiger partial charge in [-0.3, -0.25) is 0 Å². The van der Waals surface area contributed by atoms with E-state index in [2.05, 4.69) is 0 Å². The maximum Gasteiger partial charge on any atom is 0.339 e. The Balaban J connectivity index is 1.69. The van der Waals surface area contributed by atoms with Crippen LogP contribution in [-0.4, -0.2) is 17.7 Å². The number of rotatable bonds is 4. The van der Waals surface area contributed by atoms with Crippen LogP contribution in [0.4, 0.5) is 5.69 Å². The van der Waals surface area contributed by atoms with Gasteiger partial charge in [0.25, 0.3) is 0 Å². The molecule has 2 aliphatic rings. The SMILES string of the molecule is Nc1ccc(C(=O)O)c(OCC2CC3CCC2C3)c1. The Morgan fingerprint density at radius 3 is 2.84 bits per heavy atom. The number of nitrogen functional groups attached to an aromatic ring is 1. The van der Waals surface area contributed by atoms with Crippen LogP contribution in [-0.2, 0) is 0 Å². The molecule has 3 rings (SSSR count). The summed E-state index contributed by atoms with van der Waals surface area (Å²) in [5, 5.41) is 9.13. The van der Waals surface area contributed by atoms with Crippen LogP contribution in [0.1, 0.15) is 36.0 Å². The molecule has 3 N–H and O–H groups in total. The molecule has 0 aliphatic heterocycles. The van der Waals surface area contributed by atoms with Crippen LogP contribution in [0.2, 0.25) is 0 Å². The Labute approximate surface area is 112 Å². The third kappa shape index (κ3) is 2.39. The Morgan fingerprint density at radius 2 is 2.21 bits per heavy atom. The van der Waals surface area contributed by atoms with E-state index in [1.54, 1.807) is 12.1 Å². The summed E-state index contributed by atoms with van der Waals surface area (Å²) in [5.74, 6) is 1.66. The Hall–Kier alpha value is -1.71. The standard InChI is InChI=1S/C15H19NO3/c16-12-3-4-13(15(17)18)14(7-12)19-8-11-6-9-1-2-10(11)5-9/h3-4,7,9-11H,1-2,5-6,8,16H2,(H,17,18). The van der Waals surface area contributed by atoms with Crippen LogP contribution >= 0.6 is 0 Å². The number of hydrogen-bond acceptors (Lipinski definition) is 3. The number of nitrogens with two attached hydrogens (primary N) is 1. The van der Waals surface area contributed by atoms with Crippen molar-refractivity contribution in [2.75, 3.05) is 12.3 Å². The smallest absolute Gasteiger partial charge is 0.339 e. The molecule has 2 saturated carbocycles. The second-order valence-corrected chi connectivity index (χ2v) is 5.81. The van der Waals surface area contributed by atoms with Gasteiger partial charge in [0.1, 0.15) is 11.3 Å². The van der Waals surface area contributed by atoms with E-state index < -0.39 is 5.97 Å². The first-order valence-corrected chi connectivity index (χ1v) is 6.89. The summed E-state index contributed by atoms with van der Waals surface area (Å²) in [6.07, 6.45) is 5.23. The number of ether oxygens (including phenoxy) is 1. The van der Waals surface area contributed by atoms with Crippen LogP contribution in [0.3, 0.4) is 0 Å². The van der Waals surface area contributed by atoms with Crippen molar-refractivity contribution in [3.8, 4) is 5.75 Å². The summed E-state index contributed by atoms with van der Waals surface area (Å²) >= 11 is 0. The number of fused-ring (bicyclic) bond motifs is 2. The van der Waals surface area contributed by atoms with Crippen molar-refractivity contribution in [3.63, 3.8) is 0 Å². The normalized spacial score (nSPS) is 28.5. The number of carboxylic acids is 1. The second-order valence-electron chi connectivity index (χ2n) is 5.81. The Kier molecular flexibility index (Phi) is 3.09. The average molecular weight is 261 g/mol. The third-order valence-corrected chi connectivity index (χ3v) is 4.57. The summed E-state index contributed by atoms with van der Waals surface area (Å²) in [5.41, 5.74) is 6.43. The van der Waals surface area contributed by atoms with Gasteiger partial charge in [0.2, 0.25) is 0 Å². The molecular formula is C15H19NO3. The zero-order valence-electron chi connectivity index (χ0n) is 10.8. The van der Waals surface area contributed by atoms with Crippen molar-refractivity contribution < 1.29 is 14.6 Å². The molecule has 0 saturated heterocycles. The fourth-order valence-electron chi connectivity index (χ4n) is 3.61. The topological polar surface area (TPSA) is 72.6 Å². The van der Waals surface area contributed by atoms with Crippen molar-refractivity contribution in [2.45, 2.75) is 25.7 Å². The summed E-state index contributed by atoms with van der Waals surface area (Å²) < 4.78 is 5.76. The molecule has 2 fully saturated rings. The molecule has 4 heteroatoms. The predicted molar refractivity (Wildman–Crippen MR) is 72.2 cm³/mol. The zero-order chi connectivity index (χ0) is 13.4. The predicted octanol–water partition coefficient (Wildman–Crippen LogP) is 2.78. The van der Waals surface area contributed by atoms with Crippen LogP contribution < -0.4 is 10.5 Å². The Morgan fingerprint density at radius 1 is 1.37 bits per heavy atom. The first-order chi connectivity index (χ1) is 9.13. The highest BCUT2D eigenvalue weighted by molar-refractivity contribution is 5.91.